The molecule has 0 aliphatic carbocycles. The van der Waals surface area contributed by atoms with Crippen LogP contribution in [-0.2, 0) is 13.0 Å². The van der Waals surface area contributed by atoms with Crippen LogP contribution in [0.5, 0.6) is 0 Å². The predicted octanol–water partition coefficient (Wildman–Crippen LogP) is 1.56. The highest BCUT2D eigenvalue weighted by molar-refractivity contribution is 4.96. The van der Waals surface area contributed by atoms with Gasteiger partial charge in [0.25, 0.3) is 0 Å². The lowest BCUT2D eigenvalue weighted by atomic mass is 10.3. The fourth-order valence-corrected chi connectivity index (χ4v) is 1.14. The number of hydrogen-bond acceptors (Lipinski definition) is 0. The summed E-state index contributed by atoms with van der Waals surface area (Å²) in [6.07, 6.45) is 3.24. The molecule has 1 nitrogen and oxygen atoms in total. The standard InChI is InChI=1S/C9H14N/c1-3-9-7-5-6-8-10(9)4-2/h5-8H,3-4H2,1-2H3/q+1. The summed E-state index contributed by atoms with van der Waals surface area (Å²) in [6, 6.07) is 6.33. The van der Waals surface area contributed by atoms with E-state index in [0.717, 1.165) is 13.0 Å². The summed E-state index contributed by atoms with van der Waals surface area (Å²) in [4.78, 5) is 0. The number of aromatic nitrogens is 1. The topological polar surface area (TPSA) is 3.88 Å². The molecule has 0 bridgehead atoms. The van der Waals surface area contributed by atoms with Crippen molar-refractivity contribution in [2.75, 3.05) is 0 Å². The average Bonchev–Trinajstić information content (AvgIpc) is 2.04. The minimum atomic E-state index is 1.07. The Morgan fingerprint density at radius 1 is 1.30 bits per heavy atom. The summed E-state index contributed by atoms with van der Waals surface area (Å²) in [5.41, 5.74) is 1.41. The van der Waals surface area contributed by atoms with Gasteiger partial charge in [0.2, 0.25) is 0 Å². The first-order valence-electron chi connectivity index (χ1n) is 3.85. The first-order valence-corrected chi connectivity index (χ1v) is 3.85. The van der Waals surface area contributed by atoms with Gasteiger partial charge in [-0.2, -0.15) is 0 Å². The summed E-state index contributed by atoms with van der Waals surface area (Å²) in [5, 5.41) is 0. The van der Waals surface area contributed by atoms with Gasteiger partial charge in [0.1, 0.15) is 6.54 Å². The third kappa shape index (κ3) is 1.35. The lowest BCUT2D eigenvalue weighted by Crippen LogP contribution is -2.36. The first kappa shape index (κ1) is 7.26. The molecule has 0 saturated carbocycles. The molecule has 0 aliphatic heterocycles. The summed E-state index contributed by atoms with van der Waals surface area (Å²) >= 11 is 0. The number of aryl methyl sites for hydroxylation is 2. The summed E-state index contributed by atoms with van der Waals surface area (Å²) < 4.78 is 2.26. The molecular weight excluding hydrogens is 122 g/mol. The van der Waals surface area contributed by atoms with Crippen molar-refractivity contribution in [3.05, 3.63) is 30.1 Å². The van der Waals surface area contributed by atoms with Crippen molar-refractivity contribution in [3.8, 4) is 0 Å². The Kier molecular flexibility index (Phi) is 2.43. The molecule has 0 aromatic carbocycles. The van der Waals surface area contributed by atoms with Gasteiger partial charge < -0.3 is 0 Å². The zero-order valence-corrected chi connectivity index (χ0v) is 6.67. The second-order valence-electron chi connectivity index (χ2n) is 2.33. The molecule has 1 heteroatoms. The van der Waals surface area contributed by atoms with Crippen LogP contribution in [-0.4, -0.2) is 0 Å². The lowest BCUT2D eigenvalue weighted by molar-refractivity contribution is -0.700. The van der Waals surface area contributed by atoms with E-state index in [0.29, 0.717) is 0 Å². The van der Waals surface area contributed by atoms with Gasteiger partial charge in [-0.25, -0.2) is 4.57 Å². The molecule has 0 radical (unpaired) electrons. The van der Waals surface area contributed by atoms with E-state index in [-0.39, 0.29) is 0 Å². The van der Waals surface area contributed by atoms with Gasteiger partial charge in [0.05, 0.1) is 0 Å². The van der Waals surface area contributed by atoms with Crippen LogP contribution in [0.15, 0.2) is 24.4 Å². The van der Waals surface area contributed by atoms with E-state index >= 15 is 0 Å². The van der Waals surface area contributed by atoms with Gasteiger partial charge in [0, 0.05) is 18.6 Å². The molecule has 1 rings (SSSR count). The zero-order chi connectivity index (χ0) is 7.40. The third-order valence-corrected chi connectivity index (χ3v) is 1.74. The molecule has 0 aliphatic rings. The van der Waals surface area contributed by atoms with Crippen molar-refractivity contribution < 1.29 is 4.57 Å². The molecule has 0 unspecified atom stereocenters. The Hall–Kier alpha value is -0.850. The summed E-state index contributed by atoms with van der Waals surface area (Å²) in [6.45, 7) is 5.42. The highest BCUT2D eigenvalue weighted by Gasteiger charge is 2.01. The van der Waals surface area contributed by atoms with E-state index < -0.39 is 0 Å². The van der Waals surface area contributed by atoms with E-state index in [2.05, 4.69) is 42.8 Å². The normalized spacial score (nSPS) is 9.80. The molecule has 0 amide bonds. The molecule has 0 N–H and O–H groups in total. The minimum absolute atomic E-state index is 1.07. The molecule has 0 spiro atoms. The van der Waals surface area contributed by atoms with E-state index in [1.54, 1.807) is 0 Å². The van der Waals surface area contributed by atoms with Gasteiger partial charge >= 0.3 is 0 Å². The SMILES string of the molecule is CCc1cccc[n+]1CC. The predicted molar refractivity (Wildman–Crippen MR) is 41.7 cm³/mol. The fraction of sp³-hybridized carbons (Fsp3) is 0.444. The Balaban J connectivity index is 2.96. The van der Waals surface area contributed by atoms with Gasteiger partial charge in [-0.3, -0.25) is 0 Å². The third-order valence-electron chi connectivity index (χ3n) is 1.74. The molecule has 54 valence electrons. The van der Waals surface area contributed by atoms with Gasteiger partial charge in [0.15, 0.2) is 11.9 Å². The monoisotopic (exact) mass is 136 g/mol. The van der Waals surface area contributed by atoms with Crippen LogP contribution in [0.2, 0.25) is 0 Å². The van der Waals surface area contributed by atoms with Crippen LogP contribution in [0.3, 0.4) is 0 Å². The van der Waals surface area contributed by atoms with Crippen molar-refractivity contribution in [1.82, 2.24) is 0 Å². The number of rotatable bonds is 2. The van der Waals surface area contributed by atoms with Crippen molar-refractivity contribution in [1.29, 1.82) is 0 Å². The minimum Gasteiger partial charge on any atom is -0.203 e. The average molecular weight is 136 g/mol. The molecule has 1 aromatic rings. The van der Waals surface area contributed by atoms with Crippen LogP contribution >= 0.6 is 0 Å². The highest BCUT2D eigenvalue weighted by Crippen LogP contribution is 1.90. The number of nitrogens with zero attached hydrogens (tertiary/aromatic N) is 1. The zero-order valence-electron chi connectivity index (χ0n) is 6.67. The molecule has 0 atom stereocenters. The van der Waals surface area contributed by atoms with E-state index in [1.807, 2.05) is 0 Å². The molecule has 1 heterocycles. The summed E-state index contributed by atoms with van der Waals surface area (Å²) in [7, 11) is 0. The van der Waals surface area contributed by atoms with E-state index in [4.69, 9.17) is 0 Å². The Bertz CT molecular complexity index is 183. The Labute approximate surface area is 62.3 Å². The van der Waals surface area contributed by atoms with Crippen LogP contribution in [0.1, 0.15) is 19.5 Å². The van der Waals surface area contributed by atoms with Crippen LogP contribution in [0.4, 0.5) is 0 Å². The first-order chi connectivity index (χ1) is 4.88. The number of pyridine rings is 1. The summed E-state index contributed by atoms with van der Waals surface area (Å²) in [5.74, 6) is 0. The van der Waals surface area contributed by atoms with Crippen molar-refractivity contribution >= 4 is 0 Å². The molecule has 10 heavy (non-hydrogen) atoms. The van der Waals surface area contributed by atoms with Gasteiger partial charge in [-0.15, -0.1) is 0 Å². The fourth-order valence-electron chi connectivity index (χ4n) is 1.14. The largest absolute Gasteiger partial charge is 0.203 e. The van der Waals surface area contributed by atoms with E-state index in [9.17, 15) is 0 Å². The number of hydrogen-bond donors (Lipinski definition) is 0. The lowest BCUT2D eigenvalue weighted by Gasteiger charge is -1.96. The maximum absolute atomic E-state index is 2.26. The smallest absolute Gasteiger partial charge is 0.181 e. The highest BCUT2D eigenvalue weighted by atomic mass is 14.9. The maximum Gasteiger partial charge on any atom is 0.181 e. The van der Waals surface area contributed by atoms with Crippen LogP contribution in [0.25, 0.3) is 0 Å². The van der Waals surface area contributed by atoms with Crippen molar-refractivity contribution in [2.24, 2.45) is 0 Å². The van der Waals surface area contributed by atoms with Crippen LogP contribution in [0, 0.1) is 0 Å². The molecule has 0 saturated heterocycles. The quantitative estimate of drug-likeness (QED) is 0.543. The maximum atomic E-state index is 2.26. The second-order valence-corrected chi connectivity index (χ2v) is 2.33. The van der Waals surface area contributed by atoms with Crippen molar-refractivity contribution in [2.45, 2.75) is 26.8 Å². The second kappa shape index (κ2) is 3.35. The van der Waals surface area contributed by atoms with E-state index in [1.165, 1.54) is 5.69 Å². The van der Waals surface area contributed by atoms with Gasteiger partial charge in [-0.1, -0.05) is 13.0 Å². The molecular formula is C9H14N+. The molecule has 0 fully saturated rings. The Morgan fingerprint density at radius 3 is 2.60 bits per heavy atom. The van der Waals surface area contributed by atoms with Gasteiger partial charge in [-0.05, 0) is 6.92 Å². The Morgan fingerprint density at radius 2 is 2.10 bits per heavy atom. The van der Waals surface area contributed by atoms with Crippen LogP contribution < -0.4 is 4.57 Å². The molecule has 1 aromatic heterocycles. The van der Waals surface area contributed by atoms with Crippen molar-refractivity contribution in [3.63, 3.8) is 0 Å².